The summed E-state index contributed by atoms with van der Waals surface area (Å²) in [6.07, 6.45) is 2.59. The van der Waals surface area contributed by atoms with Gasteiger partial charge < -0.3 is 14.8 Å². The SMILES string of the molecule is COCc1nc(-c2cccc(OC)c2)sc1CNC1CC1. The molecule has 2 aromatic rings. The molecular formula is C16H20N2O2S. The van der Waals surface area contributed by atoms with Gasteiger partial charge in [-0.1, -0.05) is 12.1 Å². The maximum Gasteiger partial charge on any atom is 0.124 e. The topological polar surface area (TPSA) is 43.4 Å². The summed E-state index contributed by atoms with van der Waals surface area (Å²) in [5.74, 6) is 0.855. The van der Waals surface area contributed by atoms with E-state index in [9.17, 15) is 0 Å². The Bertz CT molecular complexity index is 608. The minimum absolute atomic E-state index is 0.558. The number of hydrogen-bond donors (Lipinski definition) is 1. The number of benzene rings is 1. The first-order chi connectivity index (χ1) is 10.3. The summed E-state index contributed by atoms with van der Waals surface area (Å²) in [5.41, 5.74) is 2.13. The van der Waals surface area contributed by atoms with Crippen LogP contribution >= 0.6 is 11.3 Å². The zero-order valence-corrected chi connectivity index (χ0v) is 13.2. The van der Waals surface area contributed by atoms with E-state index in [-0.39, 0.29) is 0 Å². The van der Waals surface area contributed by atoms with E-state index in [1.165, 1.54) is 17.7 Å². The van der Waals surface area contributed by atoms with E-state index >= 15 is 0 Å². The van der Waals surface area contributed by atoms with Crippen molar-refractivity contribution in [1.29, 1.82) is 0 Å². The number of thiazole rings is 1. The summed E-state index contributed by atoms with van der Waals surface area (Å²) < 4.78 is 10.6. The molecule has 0 unspecified atom stereocenters. The van der Waals surface area contributed by atoms with Crippen LogP contribution in [0, 0.1) is 0 Å². The van der Waals surface area contributed by atoms with Gasteiger partial charge in [-0.3, -0.25) is 0 Å². The van der Waals surface area contributed by atoms with Crippen molar-refractivity contribution < 1.29 is 9.47 Å². The van der Waals surface area contributed by atoms with E-state index < -0.39 is 0 Å². The maximum absolute atomic E-state index is 5.29. The van der Waals surface area contributed by atoms with Gasteiger partial charge in [0.1, 0.15) is 10.8 Å². The van der Waals surface area contributed by atoms with Gasteiger partial charge in [-0.05, 0) is 25.0 Å². The lowest BCUT2D eigenvalue weighted by molar-refractivity contribution is 0.181. The highest BCUT2D eigenvalue weighted by molar-refractivity contribution is 7.15. The molecule has 3 rings (SSSR count). The minimum Gasteiger partial charge on any atom is -0.497 e. The Morgan fingerprint density at radius 2 is 2.19 bits per heavy atom. The molecule has 1 aromatic heterocycles. The van der Waals surface area contributed by atoms with Crippen molar-refractivity contribution in [1.82, 2.24) is 10.3 Å². The van der Waals surface area contributed by atoms with Crippen LogP contribution in [0.15, 0.2) is 24.3 Å². The molecule has 112 valence electrons. The normalized spacial score (nSPS) is 14.4. The predicted molar refractivity (Wildman–Crippen MR) is 84.7 cm³/mol. The van der Waals surface area contributed by atoms with Gasteiger partial charge in [0.25, 0.3) is 0 Å². The first-order valence-electron chi connectivity index (χ1n) is 7.15. The smallest absolute Gasteiger partial charge is 0.124 e. The Morgan fingerprint density at radius 1 is 1.33 bits per heavy atom. The molecule has 0 radical (unpaired) electrons. The molecular weight excluding hydrogens is 284 g/mol. The van der Waals surface area contributed by atoms with Crippen molar-refractivity contribution in [3.05, 3.63) is 34.8 Å². The number of hydrogen-bond acceptors (Lipinski definition) is 5. The Morgan fingerprint density at radius 3 is 2.90 bits per heavy atom. The molecule has 0 saturated heterocycles. The fourth-order valence-electron chi connectivity index (χ4n) is 2.18. The van der Waals surface area contributed by atoms with Crippen LogP contribution in [0.2, 0.25) is 0 Å². The summed E-state index contributed by atoms with van der Waals surface area (Å²) in [4.78, 5) is 6.01. The average Bonchev–Trinajstić information content (AvgIpc) is 3.26. The first kappa shape index (κ1) is 14.5. The van der Waals surface area contributed by atoms with Gasteiger partial charge in [0.2, 0.25) is 0 Å². The largest absolute Gasteiger partial charge is 0.497 e. The molecule has 0 aliphatic heterocycles. The standard InChI is InChI=1S/C16H20N2O2S/c1-19-10-14-15(9-17-12-6-7-12)21-16(18-14)11-4-3-5-13(8-11)20-2/h3-5,8,12,17H,6-7,9-10H2,1-2H3. The Labute approximate surface area is 129 Å². The highest BCUT2D eigenvalue weighted by Gasteiger charge is 2.21. The molecule has 1 aliphatic rings. The second kappa shape index (κ2) is 6.56. The third-order valence-corrected chi connectivity index (χ3v) is 4.65. The van der Waals surface area contributed by atoms with Crippen LogP contribution < -0.4 is 10.1 Å². The van der Waals surface area contributed by atoms with Gasteiger partial charge >= 0.3 is 0 Å². The number of nitrogens with one attached hydrogen (secondary N) is 1. The molecule has 0 spiro atoms. The van der Waals surface area contributed by atoms with Crippen LogP contribution in [0.3, 0.4) is 0 Å². The van der Waals surface area contributed by atoms with Crippen molar-refractivity contribution in [2.45, 2.75) is 32.0 Å². The second-order valence-electron chi connectivity index (χ2n) is 5.21. The van der Waals surface area contributed by atoms with E-state index in [0.29, 0.717) is 12.6 Å². The van der Waals surface area contributed by atoms with Gasteiger partial charge in [0, 0.05) is 30.1 Å². The molecule has 1 fully saturated rings. The highest BCUT2D eigenvalue weighted by atomic mass is 32.1. The van der Waals surface area contributed by atoms with Crippen molar-refractivity contribution >= 4 is 11.3 Å². The molecule has 1 N–H and O–H groups in total. The van der Waals surface area contributed by atoms with Gasteiger partial charge in [0.05, 0.1) is 19.4 Å². The van der Waals surface area contributed by atoms with Crippen molar-refractivity contribution in [2.24, 2.45) is 0 Å². The molecule has 1 aliphatic carbocycles. The van der Waals surface area contributed by atoms with Crippen LogP contribution in [0.5, 0.6) is 5.75 Å². The molecule has 21 heavy (non-hydrogen) atoms. The number of nitrogens with zero attached hydrogens (tertiary/aromatic N) is 1. The molecule has 4 nitrogen and oxygen atoms in total. The highest BCUT2D eigenvalue weighted by Crippen LogP contribution is 2.31. The fourth-order valence-corrected chi connectivity index (χ4v) is 3.19. The van der Waals surface area contributed by atoms with Gasteiger partial charge in [-0.15, -0.1) is 11.3 Å². The number of aromatic nitrogens is 1. The molecule has 0 amide bonds. The van der Waals surface area contributed by atoms with Crippen LogP contribution in [-0.4, -0.2) is 25.2 Å². The quantitative estimate of drug-likeness (QED) is 0.853. The van der Waals surface area contributed by atoms with E-state index in [2.05, 4.69) is 11.4 Å². The molecule has 1 heterocycles. The molecule has 0 bridgehead atoms. The predicted octanol–water partition coefficient (Wildman–Crippen LogP) is 3.22. The number of rotatable bonds is 7. The summed E-state index contributed by atoms with van der Waals surface area (Å²) in [7, 11) is 3.39. The first-order valence-corrected chi connectivity index (χ1v) is 7.97. The van der Waals surface area contributed by atoms with Gasteiger partial charge in [-0.2, -0.15) is 0 Å². The van der Waals surface area contributed by atoms with Crippen LogP contribution in [0.4, 0.5) is 0 Å². The lowest BCUT2D eigenvalue weighted by Crippen LogP contribution is -2.15. The second-order valence-corrected chi connectivity index (χ2v) is 6.29. The molecule has 5 heteroatoms. The average molecular weight is 304 g/mol. The molecule has 1 saturated carbocycles. The summed E-state index contributed by atoms with van der Waals surface area (Å²) in [6, 6.07) is 8.72. The maximum atomic E-state index is 5.29. The summed E-state index contributed by atoms with van der Waals surface area (Å²) in [6.45, 7) is 1.44. The summed E-state index contributed by atoms with van der Waals surface area (Å²) >= 11 is 1.73. The van der Waals surface area contributed by atoms with Crippen LogP contribution in [0.1, 0.15) is 23.4 Å². The van der Waals surface area contributed by atoms with E-state index in [4.69, 9.17) is 14.5 Å². The Hall–Kier alpha value is -1.43. The molecule has 0 atom stereocenters. The lowest BCUT2D eigenvalue weighted by Gasteiger charge is -2.02. The van der Waals surface area contributed by atoms with Crippen molar-refractivity contribution in [3.8, 4) is 16.3 Å². The van der Waals surface area contributed by atoms with Gasteiger partial charge in [0.15, 0.2) is 0 Å². The number of methoxy groups -OCH3 is 2. The van der Waals surface area contributed by atoms with Crippen molar-refractivity contribution in [2.75, 3.05) is 14.2 Å². The van der Waals surface area contributed by atoms with Crippen LogP contribution in [-0.2, 0) is 17.9 Å². The van der Waals surface area contributed by atoms with E-state index in [1.807, 2.05) is 18.2 Å². The zero-order valence-electron chi connectivity index (χ0n) is 12.4. The lowest BCUT2D eigenvalue weighted by atomic mass is 10.2. The van der Waals surface area contributed by atoms with Crippen LogP contribution in [0.25, 0.3) is 10.6 Å². The minimum atomic E-state index is 0.558. The third-order valence-electron chi connectivity index (χ3n) is 3.50. The third kappa shape index (κ3) is 3.61. The summed E-state index contributed by atoms with van der Waals surface area (Å²) in [5, 5.41) is 4.57. The van der Waals surface area contributed by atoms with E-state index in [1.54, 1.807) is 25.6 Å². The van der Waals surface area contributed by atoms with Gasteiger partial charge in [-0.25, -0.2) is 4.98 Å². The zero-order chi connectivity index (χ0) is 14.7. The molecule has 1 aromatic carbocycles. The number of ether oxygens (including phenoxy) is 2. The monoisotopic (exact) mass is 304 g/mol. The van der Waals surface area contributed by atoms with Crippen molar-refractivity contribution in [3.63, 3.8) is 0 Å². The van der Waals surface area contributed by atoms with E-state index in [0.717, 1.165) is 28.6 Å². The Balaban J connectivity index is 1.84. The Kier molecular flexibility index (Phi) is 4.53. The fraction of sp³-hybridized carbons (Fsp3) is 0.438.